The lowest BCUT2D eigenvalue weighted by Gasteiger charge is -1.97. The maximum atomic E-state index is 5.10. The van der Waals surface area contributed by atoms with E-state index in [-0.39, 0.29) is 0 Å². The number of hydrogen-bond acceptors (Lipinski definition) is 3. The van der Waals surface area contributed by atoms with Crippen LogP contribution in [0.2, 0.25) is 0 Å². The molecule has 17 heavy (non-hydrogen) atoms. The number of hydrogen-bond donors (Lipinski definition) is 1. The molecule has 0 aliphatic rings. The molecule has 0 radical (unpaired) electrons. The average molecular weight is 311 g/mol. The van der Waals surface area contributed by atoms with Crippen molar-refractivity contribution in [3.8, 4) is 0 Å². The van der Waals surface area contributed by atoms with E-state index in [1.165, 1.54) is 0 Å². The zero-order chi connectivity index (χ0) is 12.3. The molecule has 88 valence electrons. The Morgan fingerprint density at radius 1 is 1.59 bits per heavy atom. The monoisotopic (exact) mass is 310 g/mol. The van der Waals surface area contributed by atoms with Crippen LogP contribution in [0.15, 0.2) is 33.8 Å². The third-order valence-corrected chi connectivity index (χ3v) is 2.96. The molecular formula is C11H11BrN4S. The van der Waals surface area contributed by atoms with E-state index in [1.54, 1.807) is 10.9 Å². The average Bonchev–Trinajstić information content (AvgIpc) is 2.67. The Morgan fingerprint density at radius 2 is 2.41 bits per heavy atom. The Balaban J connectivity index is 2.32. The fourth-order valence-electron chi connectivity index (χ4n) is 1.38. The number of aromatic nitrogens is 3. The Labute approximate surface area is 113 Å². The number of H-pyrrole nitrogens is 1. The summed E-state index contributed by atoms with van der Waals surface area (Å²) in [6.45, 7) is 2.01. The summed E-state index contributed by atoms with van der Waals surface area (Å²) >= 11 is 8.52. The van der Waals surface area contributed by atoms with Gasteiger partial charge in [0.25, 0.3) is 0 Å². The molecular weight excluding hydrogens is 300 g/mol. The highest BCUT2D eigenvalue weighted by Crippen LogP contribution is 2.10. The third kappa shape index (κ3) is 2.89. The highest BCUT2D eigenvalue weighted by atomic mass is 79.9. The molecule has 2 rings (SSSR count). The van der Waals surface area contributed by atoms with Gasteiger partial charge >= 0.3 is 0 Å². The maximum absolute atomic E-state index is 5.10. The SMILES string of the molecule is CCc1n[nH]c(=S)n1/N=C/c1cccc(Br)c1. The normalized spacial score (nSPS) is 11.2. The van der Waals surface area contributed by atoms with E-state index < -0.39 is 0 Å². The summed E-state index contributed by atoms with van der Waals surface area (Å²) in [7, 11) is 0. The first-order chi connectivity index (χ1) is 8.20. The largest absolute Gasteiger partial charge is 0.250 e. The fraction of sp³-hybridized carbons (Fsp3) is 0.182. The standard InChI is InChI=1S/C11H11BrN4S/c1-2-10-14-15-11(17)16(10)13-7-8-4-3-5-9(12)6-8/h3-7H,2H2,1H3,(H,15,17)/b13-7+. The Kier molecular flexibility index (Phi) is 3.86. The highest BCUT2D eigenvalue weighted by molar-refractivity contribution is 9.10. The molecule has 0 bridgehead atoms. The molecule has 0 aliphatic carbocycles. The lowest BCUT2D eigenvalue weighted by molar-refractivity contribution is 0.780. The summed E-state index contributed by atoms with van der Waals surface area (Å²) in [5, 5.41) is 11.1. The zero-order valence-electron chi connectivity index (χ0n) is 9.22. The van der Waals surface area contributed by atoms with Gasteiger partial charge in [-0.2, -0.15) is 14.9 Å². The second-order valence-corrected chi connectivity index (χ2v) is 4.71. The molecule has 1 heterocycles. The van der Waals surface area contributed by atoms with Crippen molar-refractivity contribution in [2.24, 2.45) is 5.10 Å². The summed E-state index contributed by atoms with van der Waals surface area (Å²) in [5.74, 6) is 0.821. The van der Waals surface area contributed by atoms with Crippen LogP contribution in [-0.2, 0) is 6.42 Å². The van der Waals surface area contributed by atoms with Gasteiger partial charge in [0.15, 0.2) is 5.82 Å². The van der Waals surface area contributed by atoms with E-state index in [0.29, 0.717) is 4.77 Å². The molecule has 0 amide bonds. The number of rotatable bonds is 3. The summed E-state index contributed by atoms with van der Waals surface area (Å²) in [6, 6.07) is 7.89. The molecule has 0 saturated heterocycles. The van der Waals surface area contributed by atoms with E-state index in [0.717, 1.165) is 22.3 Å². The molecule has 6 heteroatoms. The third-order valence-electron chi connectivity index (χ3n) is 2.20. The second-order valence-electron chi connectivity index (χ2n) is 3.41. The molecule has 0 saturated carbocycles. The topological polar surface area (TPSA) is 46.0 Å². The van der Waals surface area contributed by atoms with Gasteiger partial charge in [0.05, 0.1) is 6.21 Å². The molecule has 4 nitrogen and oxygen atoms in total. The van der Waals surface area contributed by atoms with Gasteiger partial charge in [-0.25, -0.2) is 0 Å². The first-order valence-electron chi connectivity index (χ1n) is 5.17. The van der Waals surface area contributed by atoms with Crippen molar-refractivity contribution in [1.29, 1.82) is 0 Å². The molecule has 0 aliphatic heterocycles. The summed E-state index contributed by atoms with van der Waals surface area (Å²) in [5.41, 5.74) is 1.00. The Bertz CT molecular complexity index is 600. The van der Waals surface area contributed by atoms with Gasteiger partial charge in [0, 0.05) is 10.9 Å². The van der Waals surface area contributed by atoms with Crippen LogP contribution in [0.1, 0.15) is 18.3 Å². The minimum atomic E-state index is 0.507. The van der Waals surface area contributed by atoms with Crippen LogP contribution in [0, 0.1) is 4.77 Å². The molecule has 0 fully saturated rings. The molecule has 1 aromatic heterocycles. The Hall–Kier alpha value is -1.27. The van der Waals surface area contributed by atoms with E-state index >= 15 is 0 Å². The number of halogens is 1. The summed E-state index contributed by atoms with van der Waals surface area (Å²) in [6.07, 6.45) is 2.54. The van der Waals surface area contributed by atoms with E-state index in [4.69, 9.17) is 12.2 Å². The molecule has 1 aromatic carbocycles. The van der Waals surface area contributed by atoms with Crippen LogP contribution < -0.4 is 0 Å². The van der Waals surface area contributed by atoms with Crippen LogP contribution in [-0.4, -0.2) is 21.1 Å². The van der Waals surface area contributed by atoms with Crippen molar-refractivity contribution >= 4 is 34.4 Å². The lowest BCUT2D eigenvalue weighted by atomic mass is 10.2. The summed E-state index contributed by atoms with van der Waals surface area (Å²) in [4.78, 5) is 0. The summed E-state index contributed by atoms with van der Waals surface area (Å²) < 4.78 is 3.16. The van der Waals surface area contributed by atoms with Gasteiger partial charge in [0.1, 0.15) is 0 Å². The molecule has 0 unspecified atom stereocenters. The quantitative estimate of drug-likeness (QED) is 0.699. The predicted molar refractivity (Wildman–Crippen MR) is 73.9 cm³/mol. The number of aromatic amines is 1. The van der Waals surface area contributed by atoms with Crippen LogP contribution >= 0.6 is 28.1 Å². The van der Waals surface area contributed by atoms with Gasteiger partial charge in [-0.1, -0.05) is 35.0 Å². The Morgan fingerprint density at radius 3 is 3.12 bits per heavy atom. The molecule has 1 N–H and O–H groups in total. The number of benzene rings is 1. The zero-order valence-corrected chi connectivity index (χ0v) is 11.6. The van der Waals surface area contributed by atoms with Gasteiger partial charge < -0.3 is 0 Å². The minimum absolute atomic E-state index is 0.507. The van der Waals surface area contributed by atoms with Gasteiger partial charge in [0.2, 0.25) is 4.77 Å². The minimum Gasteiger partial charge on any atom is -0.250 e. The van der Waals surface area contributed by atoms with Crippen molar-refractivity contribution in [1.82, 2.24) is 14.9 Å². The molecule has 0 atom stereocenters. The predicted octanol–water partition coefficient (Wildman–Crippen LogP) is 3.15. The lowest BCUT2D eigenvalue weighted by Crippen LogP contribution is -1.97. The van der Waals surface area contributed by atoms with Crippen molar-refractivity contribution in [3.05, 3.63) is 44.9 Å². The van der Waals surface area contributed by atoms with Crippen molar-refractivity contribution < 1.29 is 0 Å². The molecule has 0 spiro atoms. The van der Waals surface area contributed by atoms with Crippen molar-refractivity contribution in [2.75, 3.05) is 0 Å². The smallest absolute Gasteiger partial charge is 0.216 e. The van der Waals surface area contributed by atoms with Gasteiger partial charge in [-0.05, 0) is 29.9 Å². The first kappa shape index (κ1) is 12.2. The van der Waals surface area contributed by atoms with Crippen LogP contribution in [0.5, 0.6) is 0 Å². The first-order valence-corrected chi connectivity index (χ1v) is 6.37. The van der Waals surface area contributed by atoms with Gasteiger partial charge in [-0.15, -0.1) is 0 Å². The highest BCUT2D eigenvalue weighted by Gasteiger charge is 2.00. The van der Waals surface area contributed by atoms with Crippen LogP contribution in [0.3, 0.4) is 0 Å². The van der Waals surface area contributed by atoms with Crippen LogP contribution in [0.4, 0.5) is 0 Å². The van der Waals surface area contributed by atoms with E-state index in [9.17, 15) is 0 Å². The fourth-order valence-corrected chi connectivity index (χ4v) is 2.00. The van der Waals surface area contributed by atoms with E-state index in [2.05, 4.69) is 31.2 Å². The van der Waals surface area contributed by atoms with Gasteiger partial charge in [-0.3, -0.25) is 5.10 Å². The maximum Gasteiger partial charge on any atom is 0.216 e. The van der Waals surface area contributed by atoms with Crippen molar-refractivity contribution in [2.45, 2.75) is 13.3 Å². The number of nitrogens with zero attached hydrogens (tertiary/aromatic N) is 3. The number of nitrogens with one attached hydrogen (secondary N) is 1. The second kappa shape index (κ2) is 5.37. The van der Waals surface area contributed by atoms with Crippen LogP contribution in [0.25, 0.3) is 0 Å². The van der Waals surface area contributed by atoms with Crippen molar-refractivity contribution in [3.63, 3.8) is 0 Å². The van der Waals surface area contributed by atoms with E-state index in [1.807, 2.05) is 31.2 Å². The number of aryl methyl sites for hydroxylation is 1. The molecule has 2 aromatic rings.